The Hall–Kier alpha value is -0.830. The summed E-state index contributed by atoms with van der Waals surface area (Å²) >= 11 is 1.67. The zero-order chi connectivity index (χ0) is 14.6. The van der Waals surface area contributed by atoms with Crippen LogP contribution in [0.1, 0.15) is 51.5 Å². The van der Waals surface area contributed by atoms with Crippen molar-refractivity contribution in [1.29, 1.82) is 0 Å². The highest BCUT2D eigenvalue weighted by atomic mass is 32.1. The predicted octanol–water partition coefficient (Wildman–Crippen LogP) is 3.97. The lowest BCUT2D eigenvalue weighted by atomic mass is 9.54. The molecule has 0 radical (unpaired) electrons. The third kappa shape index (κ3) is 2.25. The smallest absolute Gasteiger partial charge is 0.230 e. The first-order valence-electron chi connectivity index (χ1n) is 8.37. The number of hydrogen-bond acceptors (Lipinski definition) is 2. The van der Waals surface area contributed by atoms with Crippen LogP contribution >= 0.6 is 11.3 Å². The second kappa shape index (κ2) is 4.84. The molecule has 1 N–H and O–H groups in total. The number of carbonyl (C=O) groups is 1. The van der Waals surface area contributed by atoms with Gasteiger partial charge in [0.25, 0.3) is 0 Å². The first-order chi connectivity index (χ1) is 10.0. The SMILES string of the molecule is CC(C)(C(=O)NC1C2CC3CC(C2)CC1C3)c1ccsc1. The van der Waals surface area contributed by atoms with E-state index in [-0.39, 0.29) is 5.91 Å². The molecule has 1 amide bonds. The van der Waals surface area contributed by atoms with Gasteiger partial charge in [0.05, 0.1) is 5.41 Å². The molecule has 1 heterocycles. The van der Waals surface area contributed by atoms with Crippen molar-refractivity contribution < 1.29 is 4.79 Å². The fourth-order valence-electron chi connectivity index (χ4n) is 5.24. The molecule has 4 aliphatic carbocycles. The van der Waals surface area contributed by atoms with Gasteiger partial charge in [0, 0.05) is 6.04 Å². The lowest BCUT2D eigenvalue weighted by Gasteiger charge is -2.54. The Balaban J connectivity index is 1.50. The minimum atomic E-state index is -0.408. The highest BCUT2D eigenvalue weighted by Crippen LogP contribution is 2.53. The third-order valence-electron chi connectivity index (χ3n) is 6.34. The quantitative estimate of drug-likeness (QED) is 0.899. The molecule has 0 unspecified atom stereocenters. The summed E-state index contributed by atoms with van der Waals surface area (Å²) in [5, 5.41) is 7.63. The molecule has 21 heavy (non-hydrogen) atoms. The maximum atomic E-state index is 12.8. The Labute approximate surface area is 131 Å². The van der Waals surface area contributed by atoms with Crippen LogP contribution in [-0.4, -0.2) is 11.9 Å². The minimum Gasteiger partial charge on any atom is -0.352 e. The van der Waals surface area contributed by atoms with Crippen LogP contribution in [0.4, 0.5) is 0 Å². The van der Waals surface area contributed by atoms with Gasteiger partial charge in [-0.05, 0) is 92.0 Å². The van der Waals surface area contributed by atoms with E-state index in [1.54, 1.807) is 11.3 Å². The lowest BCUT2D eigenvalue weighted by Crippen LogP contribution is -2.58. The summed E-state index contributed by atoms with van der Waals surface area (Å²) < 4.78 is 0. The molecule has 0 saturated heterocycles. The van der Waals surface area contributed by atoms with Crippen LogP contribution in [0.5, 0.6) is 0 Å². The third-order valence-corrected chi connectivity index (χ3v) is 7.02. The Morgan fingerprint density at radius 3 is 2.29 bits per heavy atom. The number of nitrogens with one attached hydrogen (secondary N) is 1. The topological polar surface area (TPSA) is 29.1 Å². The molecule has 1 aromatic rings. The number of hydrogen-bond donors (Lipinski definition) is 1. The van der Waals surface area contributed by atoms with Crippen molar-refractivity contribution >= 4 is 17.2 Å². The summed E-state index contributed by atoms with van der Waals surface area (Å²) in [6, 6.07) is 2.53. The number of rotatable bonds is 3. The van der Waals surface area contributed by atoms with Gasteiger partial charge in [-0.3, -0.25) is 4.79 Å². The zero-order valence-electron chi connectivity index (χ0n) is 13.0. The van der Waals surface area contributed by atoms with Crippen molar-refractivity contribution in [2.24, 2.45) is 23.7 Å². The van der Waals surface area contributed by atoms with Crippen molar-refractivity contribution in [1.82, 2.24) is 5.32 Å². The molecular formula is C18H25NOS. The van der Waals surface area contributed by atoms with Crippen molar-refractivity contribution in [3.05, 3.63) is 22.4 Å². The van der Waals surface area contributed by atoms with E-state index in [4.69, 9.17) is 0 Å². The second-order valence-electron chi connectivity index (χ2n) is 8.07. The molecule has 2 nitrogen and oxygen atoms in total. The molecule has 0 atom stereocenters. The highest BCUT2D eigenvalue weighted by Gasteiger charge is 2.49. The number of carbonyl (C=O) groups excluding carboxylic acids is 1. The molecule has 0 spiro atoms. The van der Waals surface area contributed by atoms with Gasteiger partial charge < -0.3 is 5.32 Å². The lowest BCUT2D eigenvalue weighted by molar-refractivity contribution is -0.129. The summed E-state index contributed by atoms with van der Waals surface area (Å²) in [4.78, 5) is 12.8. The number of amides is 1. The van der Waals surface area contributed by atoms with Gasteiger partial charge in [-0.1, -0.05) is 0 Å². The van der Waals surface area contributed by atoms with Crippen LogP contribution in [0, 0.1) is 23.7 Å². The molecule has 0 aromatic carbocycles. The van der Waals surface area contributed by atoms with Gasteiger partial charge in [0.1, 0.15) is 0 Å². The van der Waals surface area contributed by atoms with E-state index >= 15 is 0 Å². The Kier molecular flexibility index (Phi) is 3.18. The predicted molar refractivity (Wildman–Crippen MR) is 86.3 cm³/mol. The van der Waals surface area contributed by atoms with E-state index in [1.807, 2.05) is 0 Å². The fourth-order valence-corrected chi connectivity index (χ4v) is 6.07. The molecule has 3 heteroatoms. The van der Waals surface area contributed by atoms with Gasteiger partial charge in [0.15, 0.2) is 0 Å². The average Bonchev–Trinajstić information content (AvgIpc) is 2.96. The Morgan fingerprint density at radius 2 is 1.76 bits per heavy atom. The van der Waals surface area contributed by atoms with Gasteiger partial charge in [-0.25, -0.2) is 0 Å². The molecule has 4 aliphatic rings. The monoisotopic (exact) mass is 303 g/mol. The summed E-state index contributed by atoms with van der Waals surface area (Å²) in [5.41, 5.74) is 0.739. The van der Waals surface area contributed by atoms with Crippen LogP contribution in [0.2, 0.25) is 0 Å². The molecule has 4 saturated carbocycles. The molecule has 0 aliphatic heterocycles. The molecule has 4 bridgehead atoms. The van der Waals surface area contributed by atoms with Crippen molar-refractivity contribution in [3.63, 3.8) is 0 Å². The minimum absolute atomic E-state index is 0.221. The van der Waals surface area contributed by atoms with E-state index in [2.05, 4.69) is 36.0 Å². The van der Waals surface area contributed by atoms with Gasteiger partial charge in [-0.15, -0.1) is 0 Å². The maximum absolute atomic E-state index is 12.8. The van der Waals surface area contributed by atoms with Gasteiger partial charge >= 0.3 is 0 Å². The zero-order valence-corrected chi connectivity index (χ0v) is 13.8. The van der Waals surface area contributed by atoms with Crippen molar-refractivity contribution in [3.8, 4) is 0 Å². The van der Waals surface area contributed by atoms with Crippen LogP contribution in [0.3, 0.4) is 0 Å². The first-order valence-corrected chi connectivity index (χ1v) is 9.32. The summed E-state index contributed by atoms with van der Waals surface area (Å²) in [6.45, 7) is 4.11. The van der Waals surface area contributed by atoms with Crippen molar-refractivity contribution in [2.45, 2.75) is 57.4 Å². The molecule has 5 rings (SSSR count). The van der Waals surface area contributed by atoms with Gasteiger partial charge in [0.2, 0.25) is 5.91 Å². The summed E-state index contributed by atoms with van der Waals surface area (Å²) in [5.74, 6) is 3.65. The number of thiophene rings is 1. The highest BCUT2D eigenvalue weighted by molar-refractivity contribution is 7.08. The van der Waals surface area contributed by atoms with E-state index in [1.165, 1.54) is 32.1 Å². The molecule has 114 valence electrons. The van der Waals surface area contributed by atoms with Crippen LogP contribution < -0.4 is 5.32 Å². The molecule has 4 fully saturated rings. The standard InChI is InChI=1S/C18H25NOS/c1-18(2,15-3-4-21-10-15)17(20)19-16-13-6-11-5-12(8-13)9-14(16)7-11/h3-4,10-14,16H,5-9H2,1-2H3,(H,19,20). The van der Waals surface area contributed by atoms with Crippen LogP contribution in [0.15, 0.2) is 16.8 Å². The van der Waals surface area contributed by atoms with Gasteiger partial charge in [-0.2, -0.15) is 11.3 Å². The average molecular weight is 303 g/mol. The van der Waals surface area contributed by atoms with E-state index in [9.17, 15) is 4.79 Å². The normalized spacial score (nSPS) is 37.7. The molecular weight excluding hydrogens is 278 g/mol. The van der Waals surface area contributed by atoms with Crippen LogP contribution in [-0.2, 0) is 10.2 Å². The first kappa shape index (κ1) is 13.8. The second-order valence-corrected chi connectivity index (χ2v) is 8.85. The van der Waals surface area contributed by atoms with E-state index < -0.39 is 5.41 Å². The van der Waals surface area contributed by atoms with Crippen molar-refractivity contribution in [2.75, 3.05) is 0 Å². The summed E-state index contributed by atoms with van der Waals surface area (Å²) in [7, 11) is 0. The van der Waals surface area contributed by atoms with Crippen LogP contribution in [0.25, 0.3) is 0 Å². The summed E-state index contributed by atoms with van der Waals surface area (Å²) in [6.07, 6.45) is 6.90. The fraction of sp³-hybridized carbons (Fsp3) is 0.722. The maximum Gasteiger partial charge on any atom is 0.230 e. The Morgan fingerprint density at radius 1 is 1.14 bits per heavy atom. The molecule has 1 aromatic heterocycles. The Bertz CT molecular complexity index is 505. The largest absolute Gasteiger partial charge is 0.352 e. The van der Waals surface area contributed by atoms with E-state index in [0.717, 1.165) is 29.2 Å². The van der Waals surface area contributed by atoms with E-state index in [0.29, 0.717) is 6.04 Å².